The zero-order valence-corrected chi connectivity index (χ0v) is 13.3. The third-order valence-electron chi connectivity index (χ3n) is 3.09. The maximum absolute atomic E-state index is 6.19. The van der Waals surface area contributed by atoms with Crippen LogP contribution >= 0.6 is 11.6 Å². The molecule has 2 aromatic rings. The number of nitrogens with zero attached hydrogens (tertiary/aromatic N) is 2. The van der Waals surface area contributed by atoms with Gasteiger partial charge in [0.15, 0.2) is 5.82 Å². The number of benzene rings is 1. The van der Waals surface area contributed by atoms with Crippen LogP contribution in [-0.4, -0.2) is 23.4 Å². The van der Waals surface area contributed by atoms with Gasteiger partial charge in [0.1, 0.15) is 5.54 Å². The van der Waals surface area contributed by atoms with E-state index in [1.54, 1.807) is 0 Å². The number of aryl methyl sites for hydroxylation is 1. The summed E-state index contributed by atoms with van der Waals surface area (Å²) in [5.74, 6) is 0.859. The SMILES string of the molecule is CCCOCC(C)(N)c1noc(-c2ccc(Cl)c(C)c2)n1. The summed E-state index contributed by atoms with van der Waals surface area (Å²) in [6, 6.07) is 5.55. The lowest BCUT2D eigenvalue weighted by atomic mass is 10.1. The molecule has 2 rings (SSSR count). The van der Waals surface area contributed by atoms with E-state index in [4.69, 9.17) is 26.6 Å². The fraction of sp³-hybridized carbons (Fsp3) is 0.467. The number of halogens is 1. The van der Waals surface area contributed by atoms with Gasteiger partial charge in [0.05, 0.1) is 6.61 Å². The highest BCUT2D eigenvalue weighted by molar-refractivity contribution is 6.31. The molecule has 2 N–H and O–H groups in total. The highest BCUT2D eigenvalue weighted by Gasteiger charge is 2.28. The average Bonchev–Trinajstić information content (AvgIpc) is 2.92. The fourth-order valence-electron chi connectivity index (χ4n) is 1.84. The molecule has 1 aromatic carbocycles. The van der Waals surface area contributed by atoms with Gasteiger partial charge in [-0.2, -0.15) is 4.98 Å². The first-order valence-electron chi connectivity index (χ1n) is 6.91. The van der Waals surface area contributed by atoms with Gasteiger partial charge >= 0.3 is 0 Å². The smallest absolute Gasteiger partial charge is 0.258 e. The first-order valence-corrected chi connectivity index (χ1v) is 7.29. The van der Waals surface area contributed by atoms with Crippen LogP contribution < -0.4 is 5.73 Å². The van der Waals surface area contributed by atoms with Crippen LogP contribution in [0.5, 0.6) is 0 Å². The molecule has 0 saturated carbocycles. The van der Waals surface area contributed by atoms with Gasteiger partial charge in [-0.3, -0.25) is 0 Å². The van der Waals surface area contributed by atoms with Crippen LogP contribution in [0.2, 0.25) is 5.02 Å². The van der Waals surface area contributed by atoms with Crippen molar-refractivity contribution in [3.8, 4) is 11.5 Å². The lowest BCUT2D eigenvalue weighted by Crippen LogP contribution is -2.39. The average molecular weight is 310 g/mol. The van der Waals surface area contributed by atoms with E-state index in [1.807, 2.05) is 39.0 Å². The molecule has 1 heterocycles. The van der Waals surface area contributed by atoms with Gasteiger partial charge < -0.3 is 15.0 Å². The first-order chi connectivity index (χ1) is 9.94. The van der Waals surface area contributed by atoms with E-state index in [1.165, 1.54) is 0 Å². The van der Waals surface area contributed by atoms with Gasteiger partial charge in [0.2, 0.25) is 0 Å². The maximum atomic E-state index is 6.19. The van der Waals surface area contributed by atoms with Crippen molar-refractivity contribution in [1.82, 2.24) is 10.1 Å². The summed E-state index contributed by atoms with van der Waals surface area (Å²) in [4.78, 5) is 4.38. The first kappa shape index (κ1) is 15.9. The molecule has 0 aliphatic heterocycles. The Kier molecular flexibility index (Phi) is 4.98. The summed E-state index contributed by atoms with van der Waals surface area (Å²) in [5, 5.41) is 4.67. The van der Waals surface area contributed by atoms with Crippen LogP contribution in [0, 0.1) is 6.92 Å². The molecule has 0 fully saturated rings. The zero-order valence-electron chi connectivity index (χ0n) is 12.5. The maximum Gasteiger partial charge on any atom is 0.258 e. The third kappa shape index (κ3) is 3.81. The van der Waals surface area contributed by atoms with E-state index in [-0.39, 0.29) is 0 Å². The van der Waals surface area contributed by atoms with Crippen LogP contribution in [0.15, 0.2) is 22.7 Å². The number of hydrogen-bond donors (Lipinski definition) is 1. The molecule has 0 saturated heterocycles. The molecule has 1 aromatic heterocycles. The number of rotatable bonds is 6. The van der Waals surface area contributed by atoms with E-state index in [9.17, 15) is 0 Å². The number of nitrogens with two attached hydrogens (primary N) is 1. The van der Waals surface area contributed by atoms with Crippen molar-refractivity contribution in [2.75, 3.05) is 13.2 Å². The van der Waals surface area contributed by atoms with Gasteiger partial charge in [-0.25, -0.2) is 0 Å². The molecule has 1 unspecified atom stereocenters. The van der Waals surface area contributed by atoms with Crippen LogP contribution in [-0.2, 0) is 10.3 Å². The Morgan fingerprint density at radius 3 is 2.86 bits per heavy atom. The summed E-state index contributed by atoms with van der Waals surface area (Å²) in [6.07, 6.45) is 0.942. The molecule has 21 heavy (non-hydrogen) atoms. The number of hydrogen-bond acceptors (Lipinski definition) is 5. The molecule has 0 amide bonds. The van der Waals surface area contributed by atoms with Crippen LogP contribution in [0.4, 0.5) is 0 Å². The van der Waals surface area contributed by atoms with Crippen molar-refractivity contribution in [1.29, 1.82) is 0 Å². The largest absolute Gasteiger partial charge is 0.379 e. The molecule has 0 spiro atoms. The van der Waals surface area contributed by atoms with Crippen molar-refractivity contribution in [2.45, 2.75) is 32.7 Å². The monoisotopic (exact) mass is 309 g/mol. The fourth-order valence-corrected chi connectivity index (χ4v) is 1.96. The summed E-state index contributed by atoms with van der Waals surface area (Å²) < 4.78 is 10.8. The molecule has 0 aliphatic carbocycles. The van der Waals surface area contributed by atoms with Gasteiger partial charge in [0, 0.05) is 17.2 Å². The standard InChI is InChI=1S/C15H20ClN3O2/c1-4-7-20-9-15(3,17)14-18-13(21-19-14)11-5-6-12(16)10(2)8-11/h5-6,8H,4,7,9,17H2,1-3H3. The van der Waals surface area contributed by atoms with Crippen molar-refractivity contribution < 1.29 is 9.26 Å². The Hall–Kier alpha value is -1.43. The molecular formula is C15H20ClN3O2. The minimum atomic E-state index is -0.779. The van der Waals surface area contributed by atoms with Gasteiger partial charge in [-0.1, -0.05) is 23.7 Å². The van der Waals surface area contributed by atoms with Crippen molar-refractivity contribution in [3.05, 3.63) is 34.6 Å². The van der Waals surface area contributed by atoms with Gasteiger partial charge in [-0.05, 0) is 44.0 Å². The van der Waals surface area contributed by atoms with Crippen LogP contribution in [0.3, 0.4) is 0 Å². The predicted molar refractivity (Wildman–Crippen MR) is 82.1 cm³/mol. The van der Waals surface area contributed by atoms with Crippen molar-refractivity contribution in [3.63, 3.8) is 0 Å². The Morgan fingerprint density at radius 1 is 1.43 bits per heavy atom. The summed E-state index contributed by atoms with van der Waals surface area (Å²) >= 11 is 6.01. The Balaban J connectivity index is 2.18. The van der Waals surface area contributed by atoms with E-state index >= 15 is 0 Å². The van der Waals surface area contributed by atoms with E-state index in [0.29, 0.717) is 30.0 Å². The minimum Gasteiger partial charge on any atom is -0.379 e. The quantitative estimate of drug-likeness (QED) is 0.829. The van der Waals surface area contributed by atoms with Crippen molar-refractivity contribution >= 4 is 11.6 Å². The lowest BCUT2D eigenvalue weighted by molar-refractivity contribution is 0.0867. The normalized spacial score (nSPS) is 14.1. The van der Waals surface area contributed by atoms with Gasteiger partial charge in [-0.15, -0.1) is 0 Å². The molecule has 114 valence electrons. The predicted octanol–water partition coefficient (Wildman–Crippen LogP) is 3.30. The van der Waals surface area contributed by atoms with Crippen LogP contribution in [0.25, 0.3) is 11.5 Å². The Bertz CT molecular complexity index is 611. The van der Waals surface area contributed by atoms with E-state index in [2.05, 4.69) is 10.1 Å². The molecule has 0 bridgehead atoms. The molecule has 0 aliphatic rings. The minimum absolute atomic E-state index is 0.347. The summed E-state index contributed by atoms with van der Waals surface area (Å²) in [5.41, 5.74) is 7.19. The van der Waals surface area contributed by atoms with E-state index < -0.39 is 5.54 Å². The second-order valence-electron chi connectivity index (χ2n) is 5.36. The lowest BCUT2D eigenvalue weighted by Gasteiger charge is -2.19. The molecule has 0 radical (unpaired) electrons. The molecule has 1 atom stereocenters. The molecular weight excluding hydrogens is 290 g/mol. The summed E-state index contributed by atoms with van der Waals surface area (Å²) in [6.45, 7) is 6.80. The number of aromatic nitrogens is 2. The molecule has 6 heteroatoms. The summed E-state index contributed by atoms with van der Waals surface area (Å²) in [7, 11) is 0. The van der Waals surface area contributed by atoms with Gasteiger partial charge in [0.25, 0.3) is 5.89 Å². The van der Waals surface area contributed by atoms with Crippen molar-refractivity contribution in [2.24, 2.45) is 5.73 Å². The van der Waals surface area contributed by atoms with E-state index in [0.717, 1.165) is 17.5 Å². The topological polar surface area (TPSA) is 74.2 Å². The second kappa shape index (κ2) is 6.56. The highest BCUT2D eigenvalue weighted by Crippen LogP contribution is 2.25. The highest BCUT2D eigenvalue weighted by atomic mass is 35.5. The van der Waals surface area contributed by atoms with Crippen LogP contribution in [0.1, 0.15) is 31.7 Å². The number of ether oxygens (including phenoxy) is 1. The molecule has 5 nitrogen and oxygen atoms in total. The second-order valence-corrected chi connectivity index (χ2v) is 5.76. The Morgan fingerprint density at radius 2 is 2.19 bits per heavy atom. The third-order valence-corrected chi connectivity index (χ3v) is 3.52. The Labute approximate surface area is 129 Å². The zero-order chi connectivity index (χ0) is 15.5.